The lowest BCUT2D eigenvalue weighted by atomic mass is 10.00. The van der Waals surface area contributed by atoms with Gasteiger partial charge in [-0.3, -0.25) is 24.3 Å². The van der Waals surface area contributed by atoms with Gasteiger partial charge in [-0.2, -0.15) is 0 Å². The molecule has 0 spiro atoms. The third-order valence-corrected chi connectivity index (χ3v) is 8.87. The Balaban J connectivity index is 1.23. The monoisotopic (exact) mass is 549 g/mol. The van der Waals surface area contributed by atoms with Crippen LogP contribution in [0.3, 0.4) is 0 Å². The number of benzene rings is 1. The highest BCUT2D eigenvalue weighted by molar-refractivity contribution is 7.10. The van der Waals surface area contributed by atoms with Gasteiger partial charge in [0.15, 0.2) is 0 Å². The molecule has 8 nitrogen and oxygen atoms in total. The zero-order chi connectivity index (χ0) is 26.4. The van der Waals surface area contributed by atoms with Gasteiger partial charge in [-0.1, -0.05) is 11.6 Å². The van der Waals surface area contributed by atoms with E-state index in [9.17, 15) is 14.4 Å². The fourth-order valence-electron chi connectivity index (χ4n) is 5.53. The summed E-state index contributed by atoms with van der Waals surface area (Å²) >= 11 is 7.88. The van der Waals surface area contributed by atoms with E-state index >= 15 is 0 Å². The van der Waals surface area contributed by atoms with E-state index in [4.69, 9.17) is 16.6 Å². The first-order valence-corrected chi connectivity index (χ1v) is 14.2. The predicted molar refractivity (Wildman–Crippen MR) is 151 cm³/mol. The van der Waals surface area contributed by atoms with Crippen molar-refractivity contribution in [3.05, 3.63) is 78.3 Å². The van der Waals surface area contributed by atoms with Crippen LogP contribution in [0, 0.1) is 0 Å². The van der Waals surface area contributed by atoms with E-state index in [1.807, 2.05) is 24.4 Å². The van der Waals surface area contributed by atoms with Crippen LogP contribution in [0.25, 0.3) is 0 Å². The number of nitrogens with zero attached hydrogens (tertiary/aromatic N) is 3. The van der Waals surface area contributed by atoms with Crippen molar-refractivity contribution >= 4 is 51.8 Å². The van der Waals surface area contributed by atoms with Crippen molar-refractivity contribution in [2.75, 3.05) is 31.5 Å². The molecule has 0 radical (unpaired) electrons. The van der Waals surface area contributed by atoms with Crippen LogP contribution in [0.1, 0.15) is 56.5 Å². The zero-order valence-electron chi connectivity index (χ0n) is 21.1. The summed E-state index contributed by atoms with van der Waals surface area (Å²) in [6.07, 6.45) is 5.08. The average molecular weight is 550 g/mol. The molecule has 2 N–H and O–H groups in total. The van der Waals surface area contributed by atoms with Crippen molar-refractivity contribution in [1.29, 1.82) is 0 Å². The molecule has 3 aliphatic rings. The van der Waals surface area contributed by atoms with Crippen LogP contribution in [0.2, 0.25) is 5.02 Å². The highest BCUT2D eigenvalue weighted by Crippen LogP contribution is 2.36. The molecule has 5 heterocycles. The molecule has 2 amide bonds. The normalized spacial score (nSPS) is 17.6. The smallest absolute Gasteiger partial charge is 0.261 e. The molecule has 1 aromatic carbocycles. The summed E-state index contributed by atoms with van der Waals surface area (Å²) in [4.78, 5) is 51.4. The second-order valence-corrected chi connectivity index (χ2v) is 11.5. The van der Waals surface area contributed by atoms with Gasteiger partial charge in [0.25, 0.3) is 17.4 Å². The molecular weight excluding hydrogens is 522 g/mol. The zero-order valence-corrected chi connectivity index (χ0v) is 22.6. The number of carbonyl (C=O) groups is 2. The summed E-state index contributed by atoms with van der Waals surface area (Å²) in [6, 6.07) is 7.24. The number of imide groups is 1. The van der Waals surface area contributed by atoms with E-state index in [-0.39, 0.29) is 23.4 Å². The number of fused-ring (bicyclic) bond motifs is 2. The molecular formula is C28H28ClN5O3S. The van der Waals surface area contributed by atoms with E-state index < -0.39 is 0 Å². The molecule has 6 rings (SSSR count). The third kappa shape index (κ3) is 4.59. The fourth-order valence-corrected chi connectivity index (χ4v) is 6.77. The lowest BCUT2D eigenvalue weighted by Crippen LogP contribution is -2.37. The van der Waals surface area contributed by atoms with Gasteiger partial charge in [0.2, 0.25) is 0 Å². The Morgan fingerprint density at radius 2 is 1.87 bits per heavy atom. The number of aromatic amines is 1. The molecule has 3 aliphatic heterocycles. The number of anilines is 1. The maximum Gasteiger partial charge on any atom is 0.261 e. The molecule has 1 fully saturated rings. The molecule has 3 aromatic rings. The van der Waals surface area contributed by atoms with Crippen LogP contribution in [0.5, 0.6) is 0 Å². The minimum atomic E-state index is -0.267. The molecule has 1 saturated heterocycles. The maximum atomic E-state index is 13.1. The number of nitrogens with one attached hydrogen (secondary N) is 2. The SMILES string of the molecule is C[C@@H](Cc1sccc1Cl)Nc1cc[nH]c(=O)c1C1=Nc2cc3c(cc2C1)C(=O)N(CCN1CCCC1)C3=O. The Hall–Kier alpha value is -3.27. The molecule has 0 aliphatic carbocycles. The van der Waals surface area contributed by atoms with Crippen molar-refractivity contribution in [3.8, 4) is 0 Å². The number of carbonyl (C=O) groups excluding carboxylic acids is 2. The maximum absolute atomic E-state index is 13.1. The van der Waals surface area contributed by atoms with Crippen molar-refractivity contribution < 1.29 is 9.59 Å². The largest absolute Gasteiger partial charge is 0.381 e. The quantitative estimate of drug-likeness (QED) is 0.403. The second-order valence-electron chi connectivity index (χ2n) is 10.1. The summed E-state index contributed by atoms with van der Waals surface area (Å²) in [7, 11) is 0. The molecule has 10 heteroatoms. The number of aromatic nitrogens is 1. The number of rotatable bonds is 8. The Bertz CT molecular complexity index is 1520. The third-order valence-electron chi connectivity index (χ3n) is 7.46. The number of hydrogen-bond donors (Lipinski definition) is 2. The number of hydrogen-bond acceptors (Lipinski definition) is 7. The minimum Gasteiger partial charge on any atom is -0.381 e. The first-order valence-electron chi connectivity index (χ1n) is 12.9. The molecule has 1 atom stereocenters. The molecule has 0 bridgehead atoms. The molecule has 38 heavy (non-hydrogen) atoms. The van der Waals surface area contributed by atoms with Crippen LogP contribution in [-0.4, -0.2) is 64.5 Å². The standard InChI is InChI=1S/C28H28ClN5O3S/c1-16(12-24-20(29)5-11-38-24)31-21-4-6-30-26(35)25(21)23-14-17-13-18-19(15-22(17)32-23)28(37)34(27(18)36)10-9-33-7-2-3-8-33/h4-6,11,13,15-16H,2-3,7-10,12,14H2,1H3,(H2,30,31,35)/t16-/m0/s1. The van der Waals surface area contributed by atoms with Crippen molar-refractivity contribution in [2.45, 2.75) is 38.6 Å². The van der Waals surface area contributed by atoms with Crippen LogP contribution in [-0.2, 0) is 12.8 Å². The number of pyridine rings is 1. The van der Waals surface area contributed by atoms with Crippen LogP contribution < -0.4 is 10.9 Å². The van der Waals surface area contributed by atoms with Gasteiger partial charge >= 0.3 is 0 Å². The number of H-pyrrole nitrogens is 1. The Labute approximate surface area is 229 Å². The molecule has 0 unspecified atom stereocenters. The Morgan fingerprint density at radius 1 is 1.11 bits per heavy atom. The van der Waals surface area contributed by atoms with E-state index in [2.05, 4.69) is 15.2 Å². The molecule has 2 aromatic heterocycles. The van der Waals surface area contributed by atoms with Crippen molar-refractivity contribution in [1.82, 2.24) is 14.8 Å². The van der Waals surface area contributed by atoms with Gasteiger partial charge in [0.05, 0.1) is 38.8 Å². The summed E-state index contributed by atoms with van der Waals surface area (Å²) in [5, 5.41) is 6.16. The highest BCUT2D eigenvalue weighted by Gasteiger charge is 2.37. The van der Waals surface area contributed by atoms with Crippen molar-refractivity contribution in [2.24, 2.45) is 4.99 Å². The van der Waals surface area contributed by atoms with Gasteiger partial charge in [-0.25, -0.2) is 0 Å². The number of halogens is 1. The Kier molecular flexibility index (Phi) is 6.67. The van der Waals surface area contributed by atoms with Gasteiger partial charge in [0, 0.05) is 43.0 Å². The van der Waals surface area contributed by atoms with Crippen LogP contribution in [0.15, 0.2) is 45.6 Å². The second kappa shape index (κ2) is 10.1. The number of likely N-dealkylation sites (tertiary alicyclic amines) is 1. The number of aliphatic imine (C=N–C) groups is 1. The van der Waals surface area contributed by atoms with Gasteiger partial charge in [-0.05, 0) is 68.1 Å². The van der Waals surface area contributed by atoms with Gasteiger partial charge < -0.3 is 15.2 Å². The number of thiophene rings is 1. The van der Waals surface area contributed by atoms with E-state index in [0.717, 1.165) is 35.0 Å². The van der Waals surface area contributed by atoms with Crippen LogP contribution in [0.4, 0.5) is 11.4 Å². The predicted octanol–water partition coefficient (Wildman–Crippen LogP) is 4.50. The summed E-state index contributed by atoms with van der Waals surface area (Å²) in [5.41, 5.74) is 3.82. The lowest BCUT2D eigenvalue weighted by molar-refractivity contribution is 0.0640. The van der Waals surface area contributed by atoms with Crippen LogP contribution >= 0.6 is 22.9 Å². The van der Waals surface area contributed by atoms with Crippen molar-refractivity contribution in [3.63, 3.8) is 0 Å². The molecule has 0 saturated carbocycles. The lowest BCUT2D eigenvalue weighted by Gasteiger charge is -2.19. The van der Waals surface area contributed by atoms with E-state index in [1.165, 1.54) is 17.7 Å². The fraction of sp³-hybridized carbons (Fsp3) is 0.357. The summed E-state index contributed by atoms with van der Waals surface area (Å²) in [6.45, 7) is 5.19. The summed E-state index contributed by atoms with van der Waals surface area (Å²) in [5.74, 6) is -0.516. The topological polar surface area (TPSA) is 97.9 Å². The first kappa shape index (κ1) is 25.0. The van der Waals surface area contributed by atoms with Gasteiger partial charge in [-0.15, -0.1) is 11.3 Å². The minimum absolute atomic E-state index is 0.0293. The first-order chi connectivity index (χ1) is 18.4. The van der Waals surface area contributed by atoms with E-state index in [1.54, 1.807) is 29.7 Å². The van der Waals surface area contributed by atoms with Gasteiger partial charge in [0.1, 0.15) is 0 Å². The van der Waals surface area contributed by atoms with E-state index in [0.29, 0.717) is 53.3 Å². The number of amides is 2. The average Bonchev–Trinajstić information content (AvgIpc) is 3.67. The Morgan fingerprint density at radius 3 is 2.61 bits per heavy atom. The highest BCUT2D eigenvalue weighted by atomic mass is 35.5. The summed E-state index contributed by atoms with van der Waals surface area (Å²) < 4.78 is 0. The molecule has 196 valence electrons.